The lowest BCUT2D eigenvalue weighted by molar-refractivity contribution is -0.399. The number of carbonyl (C=O) groups is 2. The van der Waals surface area contributed by atoms with E-state index in [0.717, 1.165) is 0 Å². The quantitative estimate of drug-likeness (QED) is 0.175. The van der Waals surface area contributed by atoms with Gasteiger partial charge in [-0.15, -0.1) is 0 Å². The van der Waals surface area contributed by atoms with E-state index in [-0.39, 0.29) is 12.8 Å². The Balaban J connectivity index is 4.29. The molecule has 0 aliphatic heterocycles. The predicted octanol–water partition coefficient (Wildman–Crippen LogP) is 1.49. The fourth-order valence-electron chi connectivity index (χ4n) is 1.77. The highest BCUT2D eigenvalue weighted by Gasteiger charge is 2.42. The first-order valence-corrected chi connectivity index (χ1v) is 5.44. The topological polar surface area (TPSA) is 236 Å². The minimum Gasteiger partial charge on any atom is -0.317 e. The summed E-state index contributed by atoms with van der Waals surface area (Å²) in [5.74, 6) is 0. The zero-order valence-corrected chi connectivity index (χ0v) is 11.1. The van der Waals surface area contributed by atoms with E-state index in [1.54, 1.807) is 10.6 Å². The van der Waals surface area contributed by atoms with E-state index >= 15 is 0 Å². The Labute approximate surface area is 129 Å². The highest BCUT2D eigenvalue weighted by Crippen LogP contribution is 2.53. The van der Waals surface area contributed by atoms with Crippen LogP contribution < -0.4 is 10.6 Å². The molecular formula is C8H4N8O8. The number of azide groups is 1. The molecule has 1 aromatic rings. The van der Waals surface area contributed by atoms with Gasteiger partial charge in [-0.25, -0.2) is 0 Å². The summed E-state index contributed by atoms with van der Waals surface area (Å²) in [6.07, 6.45) is -0.350. The standard InChI is InChI=1S/C8H4N8O8/c9-13-12-5-7(15(21)22)3(10-1-17)6(14(19)20)4(11-2-18)8(5)16(23)24/h1-2H,(H,10,17)(H,11,18). The second kappa shape index (κ2) is 7.09. The van der Waals surface area contributed by atoms with E-state index in [2.05, 4.69) is 10.0 Å². The van der Waals surface area contributed by atoms with Crippen molar-refractivity contribution in [1.82, 2.24) is 0 Å². The van der Waals surface area contributed by atoms with Crippen molar-refractivity contribution in [2.75, 3.05) is 10.6 Å². The number of hydrogen-bond acceptors (Lipinski definition) is 9. The maximum Gasteiger partial charge on any atom is 0.330 e. The summed E-state index contributed by atoms with van der Waals surface area (Å²) in [4.78, 5) is 52.9. The largest absolute Gasteiger partial charge is 0.330 e. The van der Waals surface area contributed by atoms with E-state index in [9.17, 15) is 39.9 Å². The van der Waals surface area contributed by atoms with Crippen molar-refractivity contribution >= 4 is 46.9 Å². The summed E-state index contributed by atoms with van der Waals surface area (Å²) in [5, 5.41) is 39.5. The number of amides is 2. The first kappa shape index (κ1) is 17.7. The van der Waals surface area contributed by atoms with Crippen molar-refractivity contribution in [2.45, 2.75) is 0 Å². The van der Waals surface area contributed by atoms with E-state index in [4.69, 9.17) is 5.53 Å². The third kappa shape index (κ3) is 2.97. The Hall–Kier alpha value is -4.33. The summed E-state index contributed by atoms with van der Waals surface area (Å²) >= 11 is 0. The van der Waals surface area contributed by atoms with Crippen LogP contribution in [-0.2, 0) is 9.59 Å². The molecule has 24 heavy (non-hydrogen) atoms. The summed E-state index contributed by atoms with van der Waals surface area (Å²) < 4.78 is 0. The van der Waals surface area contributed by atoms with Crippen LogP contribution in [0, 0.1) is 30.3 Å². The predicted molar refractivity (Wildman–Crippen MR) is 74.6 cm³/mol. The Bertz CT molecular complexity index is 764. The zero-order chi connectivity index (χ0) is 18.4. The molecule has 2 amide bonds. The van der Waals surface area contributed by atoms with Gasteiger partial charge >= 0.3 is 17.1 Å². The summed E-state index contributed by atoms with van der Waals surface area (Å²) in [6.45, 7) is 0. The van der Waals surface area contributed by atoms with Crippen LogP contribution in [0.4, 0.5) is 34.1 Å². The summed E-state index contributed by atoms with van der Waals surface area (Å²) in [6, 6.07) is 0. The zero-order valence-electron chi connectivity index (χ0n) is 11.1. The lowest BCUT2D eigenvalue weighted by Gasteiger charge is -2.10. The molecule has 0 spiro atoms. The number of carbonyl (C=O) groups excluding carboxylic acids is 2. The molecule has 1 aromatic carbocycles. The molecule has 2 N–H and O–H groups in total. The molecule has 0 aliphatic rings. The van der Waals surface area contributed by atoms with Crippen LogP contribution in [0.15, 0.2) is 5.11 Å². The van der Waals surface area contributed by atoms with Crippen LogP contribution >= 0.6 is 0 Å². The molecule has 0 saturated heterocycles. The number of hydrogen-bond donors (Lipinski definition) is 2. The molecule has 0 saturated carbocycles. The maximum atomic E-state index is 11.2. The molecule has 0 aromatic heterocycles. The number of anilines is 2. The van der Waals surface area contributed by atoms with Crippen LogP contribution in [0.1, 0.15) is 0 Å². The van der Waals surface area contributed by atoms with Gasteiger partial charge in [-0.1, -0.05) is 0 Å². The van der Waals surface area contributed by atoms with Gasteiger partial charge in [0.15, 0.2) is 5.69 Å². The SMILES string of the molecule is [N-]=[N+]=Nc1c([N+](=O)[O-])c(NC=O)c([N+](=O)[O-])c(NC=O)c1[N+](=O)[O-]. The van der Waals surface area contributed by atoms with Gasteiger partial charge in [0.25, 0.3) is 0 Å². The normalized spacial score (nSPS) is 9.33. The third-order valence-electron chi connectivity index (χ3n) is 2.49. The molecule has 0 radical (unpaired) electrons. The van der Waals surface area contributed by atoms with Gasteiger partial charge < -0.3 is 10.6 Å². The van der Waals surface area contributed by atoms with Gasteiger partial charge in [0.2, 0.25) is 24.2 Å². The number of rotatable bonds is 8. The molecule has 0 fully saturated rings. The second-order valence-corrected chi connectivity index (χ2v) is 3.63. The molecule has 0 aliphatic carbocycles. The number of nitrogens with zero attached hydrogens (tertiary/aromatic N) is 6. The molecule has 16 nitrogen and oxygen atoms in total. The lowest BCUT2D eigenvalue weighted by atomic mass is 10.1. The highest BCUT2D eigenvalue weighted by atomic mass is 16.6. The highest BCUT2D eigenvalue weighted by molar-refractivity contribution is 6.03. The van der Waals surface area contributed by atoms with E-state index in [0.29, 0.717) is 0 Å². The van der Waals surface area contributed by atoms with Gasteiger partial charge in [0, 0.05) is 4.91 Å². The van der Waals surface area contributed by atoms with Crippen LogP contribution in [0.5, 0.6) is 0 Å². The maximum absolute atomic E-state index is 11.2. The number of benzene rings is 1. The Morgan fingerprint density at radius 1 is 0.875 bits per heavy atom. The molecular weight excluding hydrogens is 336 g/mol. The fourth-order valence-corrected chi connectivity index (χ4v) is 1.77. The molecule has 0 atom stereocenters. The second-order valence-electron chi connectivity index (χ2n) is 3.63. The fraction of sp³-hybridized carbons (Fsp3) is 0. The Kier molecular flexibility index (Phi) is 5.24. The van der Waals surface area contributed by atoms with Gasteiger partial charge in [-0.3, -0.25) is 39.9 Å². The van der Waals surface area contributed by atoms with Crippen LogP contribution in [0.25, 0.3) is 10.4 Å². The average Bonchev–Trinajstić information content (AvgIpc) is 2.46. The third-order valence-corrected chi connectivity index (χ3v) is 2.49. The van der Waals surface area contributed by atoms with Gasteiger partial charge in [-0.2, -0.15) is 0 Å². The van der Waals surface area contributed by atoms with Crippen molar-refractivity contribution < 1.29 is 24.4 Å². The smallest absolute Gasteiger partial charge is 0.317 e. The van der Waals surface area contributed by atoms with Crippen LogP contribution in [0.2, 0.25) is 0 Å². The van der Waals surface area contributed by atoms with Crippen LogP contribution in [-0.4, -0.2) is 27.6 Å². The van der Waals surface area contributed by atoms with Crippen molar-refractivity contribution in [3.8, 4) is 0 Å². The monoisotopic (exact) mass is 340 g/mol. The van der Waals surface area contributed by atoms with Crippen LogP contribution in [0.3, 0.4) is 0 Å². The van der Waals surface area contributed by atoms with Crippen molar-refractivity contribution in [3.05, 3.63) is 40.8 Å². The van der Waals surface area contributed by atoms with E-state index in [1.165, 1.54) is 0 Å². The van der Waals surface area contributed by atoms with Gasteiger partial charge in [-0.05, 0) is 10.6 Å². The first-order valence-electron chi connectivity index (χ1n) is 5.44. The minimum atomic E-state index is -1.38. The van der Waals surface area contributed by atoms with Crippen molar-refractivity contribution in [1.29, 1.82) is 0 Å². The summed E-state index contributed by atoms with van der Waals surface area (Å²) in [7, 11) is 0. The number of nitrogens with one attached hydrogen (secondary N) is 2. The van der Waals surface area contributed by atoms with Crippen molar-refractivity contribution in [2.24, 2.45) is 5.11 Å². The molecule has 16 heteroatoms. The minimum absolute atomic E-state index is 0.175. The Morgan fingerprint density at radius 3 is 1.50 bits per heavy atom. The first-order chi connectivity index (χ1) is 11.3. The lowest BCUT2D eigenvalue weighted by Crippen LogP contribution is -2.10. The van der Waals surface area contributed by atoms with E-state index in [1.807, 2.05) is 0 Å². The molecule has 0 bridgehead atoms. The summed E-state index contributed by atoms with van der Waals surface area (Å²) in [5.41, 5.74) is 0.934. The van der Waals surface area contributed by atoms with Crippen molar-refractivity contribution in [3.63, 3.8) is 0 Å². The number of nitro groups is 3. The van der Waals surface area contributed by atoms with E-state index < -0.39 is 48.9 Å². The molecule has 1 rings (SSSR count). The molecule has 124 valence electrons. The Morgan fingerprint density at radius 2 is 1.25 bits per heavy atom. The molecule has 0 heterocycles. The van der Waals surface area contributed by atoms with Gasteiger partial charge in [0.1, 0.15) is 0 Å². The van der Waals surface area contributed by atoms with Gasteiger partial charge in [0.05, 0.1) is 14.8 Å². The number of nitro benzene ring substituents is 3. The molecule has 0 unspecified atom stereocenters. The average molecular weight is 340 g/mol.